The van der Waals surface area contributed by atoms with Crippen LogP contribution in [0.1, 0.15) is 23.0 Å². The Bertz CT molecular complexity index is 788. The van der Waals surface area contributed by atoms with E-state index in [4.69, 9.17) is 17.4 Å². The van der Waals surface area contributed by atoms with Crippen LogP contribution in [-0.2, 0) is 0 Å². The maximum Gasteiger partial charge on any atom is 0.0896 e. The third-order valence-corrected chi connectivity index (χ3v) is 3.73. The van der Waals surface area contributed by atoms with Crippen molar-refractivity contribution >= 4 is 22.5 Å². The maximum atomic E-state index is 6.22. The van der Waals surface area contributed by atoms with Gasteiger partial charge in [-0.15, -0.1) is 0 Å². The Morgan fingerprint density at radius 3 is 2.81 bits per heavy atom. The van der Waals surface area contributed by atoms with Crippen LogP contribution in [0, 0.1) is 6.92 Å². The lowest BCUT2D eigenvalue weighted by molar-refractivity contribution is 0.621. The molecule has 0 fully saturated rings. The van der Waals surface area contributed by atoms with Crippen molar-refractivity contribution in [2.45, 2.75) is 13.0 Å². The van der Waals surface area contributed by atoms with E-state index >= 15 is 0 Å². The summed E-state index contributed by atoms with van der Waals surface area (Å²) in [7, 11) is 0. The van der Waals surface area contributed by atoms with E-state index in [1.807, 2.05) is 25.1 Å². The number of fused-ring (bicyclic) bond motifs is 1. The van der Waals surface area contributed by atoms with Gasteiger partial charge >= 0.3 is 0 Å². The molecule has 3 N–H and O–H groups in total. The molecule has 0 aliphatic carbocycles. The average molecular weight is 299 g/mol. The molecule has 0 radical (unpaired) electrons. The molecule has 0 aliphatic heterocycles. The fourth-order valence-electron chi connectivity index (χ4n) is 2.37. The smallest absolute Gasteiger partial charge is 0.0896 e. The first-order valence-corrected chi connectivity index (χ1v) is 7.00. The second-order valence-electron chi connectivity index (χ2n) is 4.87. The second kappa shape index (κ2) is 5.77. The number of nitrogens with one attached hydrogen (secondary N) is 1. The summed E-state index contributed by atoms with van der Waals surface area (Å²) < 4.78 is 0. The van der Waals surface area contributed by atoms with Crippen molar-refractivity contribution in [3.63, 3.8) is 0 Å². The molecular formula is C16H15ClN4. The number of rotatable bonds is 3. The van der Waals surface area contributed by atoms with E-state index in [0.717, 1.165) is 22.2 Å². The predicted octanol–water partition coefficient (Wildman–Crippen LogP) is 3.14. The zero-order valence-electron chi connectivity index (χ0n) is 11.5. The first kappa shape index (κ1) is 13.9. The molecule has 1 aromatic carbocycles. The fourth-order valence-corrected chi connectivity index (χ4v) is 2.60. The first-order valence-electron chi connectivity index (χ1n) is 6.63. The highest BCUT2D eigenvalue weighted by molar-refractivity contribution is 6.31. The molecule has 5 heteroatoms. The topological polar surface area (TPSA) is 63.8 Å². The second-order valence-corrected chi connectivity index (χ2v) is 5.28. The van der Waals surface area contributed by atoms with Gasteiger partial charge in [0.25, 0.3) is 0 Å². The molecule has 0 amide bonds. The molecule has 1 unspecified atom stereocenters. The Morgan fingerprint density at radius 1 is 1.19 bits per heavy atom. The largest absolute Gasteiger partial charge is 0.271 e. The van der Waals surface area contributed by atoms with Crippen LogP contribution in [0.4, 0.5) is 0 Å². The third-order valence-electron chi connectivity index (χ3n) is 3.41. The van der Waals surface area contributed by atoms with Crippen LogP contribution in [0.15, 0.2) is 48.7 Å². The van der Waals surface area contributed by atoms with Gasteiger partial charge in [-0.25, -0.2) is 5.43 Å². The summed E-state index contributed by atoms with van der Waals surface area (Å²) in [5, 5.41) is 1.65. The Morgan fingerprint density at radius 2 is 2.05 bits per heavy atom. The molecule has 0 saturated heterocycles. The highest BCUT2D eigenvalue weighted by Gasteiger charge is 2.17. The van der Waals surface area contributed by atoms with E-state index in [0.29, 0.717) is 10.7 Å². The van der Waals surface area contributed by atoms with E-state index in [1.54, 1.807) is 18.3 Å². The maximum absolute atomic E-state index is 6.22. The average Bonchev–Trinajstić information content (AvgIpc) is 2.50. The van der Waals surface area contributed by atoms with Crippen molar-refractivity contribution in [2.75, 3.05) is 0 Å². The molecule has 2 heterocycles. The van der Waals surface area contributed by atoms with Gasteiger partial charge in [0.15, 0.2) is 0 Å². The molecule has 0 spiro atoms. The van der Waals surface area contributed by atoms with Crippen molar-refractivity contribution in [3.8, 4) is 0 Å². The van der Waals surface area contributed by atoms with Crippen molar-refractivity contribution in [3.05, 3.63) is 70.6 Å². The standard InChI is InChI=1S/C16H15ClN4/c1-10-4-5-11-9-12(6-7-14(11)20-10)15(21-18)16-13(17)3-2-8-19-16/h2-9,15,21H,18H2,1H3. The Hall–Kier alpha value is -2.01. The predicted molar refractivity (Wildman–Crippen MR) is 84.9 cm³/mol. The minimum absolute atomic E-state index is 0.260. The molecule has 3 rings (SSSR count). The summed E-state index contributed by atoms with van der Waals surface area (Å²) in [6.07, 6.45) is 1.71. The number of benzene rings is 1. The van der Waals surface area contributed by atoms with E-state index < -0.39 is 0 Å². The summed E-state index contributed by atoms with van der Waals surface area (Å²) in [4.78, 5) is 8.83. The van der Waals surface area contributed by atoms with Gasteiger partial charge in [0, 0.05) is 17.3 Å². The Balaban J connectivity index is 2.09. The summed E-state index contributed by atoms with van der Waals surface area (Å²) in [5.74, 6) is 5.71. The lowest BCUT2D eigenvalue weighted by Gasteiger charge is -2.17. The van der Waals surface area contributed by atoms with Gasteiger partial charge in [-0.2, -0.15) is 0 Å². The molecule has 21 heavy (non-hydrogen) atoms. The Kier molecular flexibility index (Phi) is 3.84. The number of nitrogens with zero attached hydrogens (tertiary/aromatic N) is 2. The molecule has 0 bridgehead atoms. The van der Waals surface area contributed by atoms with Crippen molar-refractivity contribution in [2.24, 2.45) is 5.84 Å². The van der Waals surface area contributed by atoms with Crippen LogP contribution in [0.5, 0.6) is 0 Å². The molecule has 4 nitrogen and oxygen atoms in total. The molecule has 2 aromatic heterocycles. The normalized spacial score (nSPS) is 12.5. The summed E-state index contributed by atoms with van der Waals surface area (Å²) in [6, 6.07) is 13.4. The molecular weight excluding hydrogens is 284 g/mol. The van der Waals surface area contributed by atoms with Gasteiger partial charge in [-0.1, -0.05) is 23.7 Å². The molecule has 0 saturated carbocycles. The summed E-state index contributed by atoms with van der Waals surface area (Å²) in [5.41, 5.74) is 6.45. The lowest BCUT2D eigenvalue weighted by Crippen LogP contribution is -2.29. The zero-order chi connectivity index (χ0) is 14.8. The summed E-state index contributed by atoms with van der Waals surface area (Å²) >= 11 is 6.22. The molecule has 3 aromatic rings. The monoisotopic (exact) mass is 298 g/mol. The quantitative estimate of drug-likeness (QED) is 0.576. The fraction of sp³-hybridized carbons (Fsp3) is 0.125. The van der Waals surface area contributed by atoms with E-state index in [1.165, 1.54) is 0 Å². The van der Waals surface area contributed by atoms with Crippen LogP contribution in [-0.4, -0.2) is 9.97 Å². The van der Waals surface area contributed by atoms with Crippen molar-refractivity contribution in [1.29, 1.82) is 0 Å². The first-order chi connectivity index (χ1) is 10.2. The number of hydrazine groups is 1. The van der Waals surface area contributed by atoms with Crippen LogP contribution in [0.3, 0.4) is 0 Å². The highest BCUT2D eigenvalue weighted by Crippen LogP contribution is 2.27. The van der Waals surface area contributed by atoms with Crippen molar-refractivity contribution in [1.82, 2.24) is 15.4 Å². The van der Waals surface area contributed by atoms with Crippen LogP contribution >= 0.6 is 11.6 Å². The Labute approximate surface area is 128 Å². The molecule has 1 atom stereocenters. The van der Waals surface area contributed by atoms with Gasteiger partial charge in [0.2, 0.25) is 0 Å². The SMILES string of the molecule is Cc1ccc2cc(C(NN)c3ncccc3Cl)ccc2n1. The van der Waals surface area contributed by atoms with Gasteiger partial charge in [0.05, 0.1) is 22.3 Å². The number of hydrogen-bond acceptors (Lipinski definition) is 4. The minimum atomic E-state index is -0.260. The van der Waals surface area contributed by atoms with E-state index in [-0.39, 0.29) is 6.04 Å². The van der Waals surface area contributed by atoms with Gasteiger partial charge in [-0.3, -0.25) is 15.8 Å². The van der Waals surface area contributed by atoms with Gasteiger partial charge in [0.1, 0.15) is 0 Å². The van der Waals surface area contributed by atoms with Gasteiger partial charge in [-0.05, 0) is 42.8 Å². The van der Waals surface area contributed by atoms with E-state index in [9.17, 15) is 0 Å². The summed E-state index contributed by atoms with van der Waals surface area (Å²) in [6.45, 7) is 1.98. The number of nitrogens with two attached hydrogens (primary N) is 1. The van der Waals surface area contributed by atoms with Crippen LogP contribution in [0.2, 0.25) is 5.02 Å². The lowest BCUT2D eigenvalue weighted by atomic mass is 10.0. The van der Waals surface area contributed by atoms with Gasteiger partial charge < -0.3 is 0 Å². The highest BCUT2D eigenvalue weighted by atomic mass is 35.5. The molecule has 106 valence electrons. The molecule has 0 aliphatic rings. The third kappa shape index (κ3) is 2.74. The van der Waals surface area contributed by atoms with Crippen LogP contribution in [0.25, 0.3) is 10.9 Å². The zero-order valence-corrected chi connectivity index (χ0v) is 12.3. The van der Waals surface area contributed by atoms with Crippen LogP contribution < -0.4 is 11.3 Å². The minimum Gasteiger partial charge on any atom is -0.271 e. The number of hydrogen-bond donors (Lipinski definition) is 2. The number of halogens is 1. The van der Waals surface area contributed by atoms with Crippen molar-refractivity contribution < 1.29 is 0 Å². The number of aromatic nitrogens is 2. The number of pyridine rings is 2. The van der Waals surface area contributed by atoms with E-state index in [2.05, 4.69) is 27.5 Å². The number of aryl methyl sites for hydroxylation is 1.